The molecule has 0 spiro atoms. The van der Waals surface area contributed by atoms with E-state index in [2.05, 4.69) is 43.8 Å². The smallest absolute Gasteiger partial charge is 0.240 e. The first-order valence-electron chi connectivity index (χ1n) is 9.59. The van der Waals surface area contributed by atoms with Gasteiger partial charge >= 0.3 is 0 Å². The van der Waals surface area contributed by atoms with Gasteiger partial charge < -0.3 is 15.5 Å². The molecule has 1 amide bonds. The van der Waals surface area contributed by atoms with Gasteiger partial charge in [-0.2, -0.15) is 0 Å². The number of ether oxygens (including phenoxy) is 1. The van der Waals surface area contributed by atoms with Crippen LogP contribution in [0.2, 0.25) is 0 Å². The Morgan fingerprint density at radius 1 is 1.30 bits per heavy atom. The molecule has 156 valence electrons. The van der Waals surface area contributed by atoms with Crippen molar-refractivity contribution < 1.29 is 9.53 Å². The zero-order valence-corrected chi connectivity index (χ0v) is 19.3. The minimum Gasteiger partial charge on any atom is -0.496 e. The number of fused-ring (bicyclic) bond motifs is 1. The number of hydrogen-bond acceptors (Lipinski definition) is 6. The summed E-state index contributed by atoms with van der Waals surface area (Å²) in [5.74, 6) is 1.39. The Kier molecular flexibility index (Phi) is 6.01. The van der Waals surface area contributed by atoms with E-state index in [0.717, 1.165) is 39.3 Å². The highest BCUT2D eigenvalue weighted by atomic mass is 79.9. The Balaban J connectivity index is 1.69. The predicted molar refractivity (Wildman–Crippen MR) is 122 cm³/mol. The molecule has 1 aliphatic heterocycles. The van der Waals surface area contributed by atoms with Crippen molar-refractivity contribution in [2.24, 2.45) is 0 Å². The van der Waals surface area contributed by atoms with Crippen molar-refractivity contribution in [1.29, 1.82) is 0 Å². The number of para-hydroxylation sites is 1. The van der Waals surface area contributed by atoms with Gasteiger partial charge in [-0.25, -0.2) is 4.68 Å². The normalized spacial score (nSPS) is 17.7. The van der Waals surface area contributed by atoms with Crippen LogP contribution in [0.5, 0.6) is 5.75 Å². The molecule has 0 saturated carbocycles. The minimum absolute atomic E-state index is 0.0859. The molecule has 0 saturated heterocycles. The molecule has 0 radical (unpaired) electrons. The lowest BCUT2D eigenvalue weighted by atomic mass is 10.0. The summed E-state index contributed by atoms with van der Waals surface area (Å²) in [5, 5.41) is 11.7. The molecule has 30 heavy (non-hydrogen) atoms. The molecule has 4 rings (SSSR count). The largest absolute Gasteiger partial charge is 0.496 e. The van der Waals surface area contributed by atoms with Crippen LogP contribution >= 0.6 is 27.7 Å². The third-order valence-corrected chi connectivity index (χ3v) is 6.88. The van der Waals surface area contributed by atoms with E-state index in [1.54, 1.807) is 7.11 Å². The highest BCUT2D eigenvalue weighted by Crippen LogP contribution is 2.39. The number of aryl methyl sites for hydroxylation is 2. The minimum atomic E-state index is -0.439. The molecule has 9 heteroatoms. The standard InChI is InChI=1S/C21H22BrN5O2S/c1-4-13-7-5-6-8-16(13)23-20(28)19-18(14-9-10-17(29-3)15(22)11-14)26-27-12(2)24-25-21(27)30-19/h5-11,18-19,26H,4H2,1-3H3,(H,23,28)/t18-,19-/m1/s1. The molecule has 2 heterocycles. The zero-order chi connectivity index (χ0) is 21.3. The summed E-state index contributed by atoms with van der Waals surface area (Å²) in [6, 6.07) is 13.4. The number of anilines is 1. The highest BCUT2D eigenvalue weighted by molar-refractivity contribution is 9.10. The number of hydrogen-bond donors (Lipinski definition) is 2. The number of carbonyl (C=O) groups is 1. The van der Waals surface area contributed by atoms with Crippen molar-refractivity contribution in [2.75, 3.05) is 17.9 Å². The average Bonchev–Trinajstić information content (AvgIpc) is 3.13. The first-order chi connectivity index (χ1) is 14.5. The van der Waals surface area contributed by atoms with Crippen LogP contribution in [0.3, 0.4) is 0 Å². The third kappa shape index (κ3) is 3.91. The fraction of sp³-hybridized carbons (Fsp3) is 0.286. The maximum atomic E-state index is 13.4. The number of carbonyl (C=O) groups excluding carboxylic acids is 1. The first kappa shape index (κ1) is 20.7. The van der Waals surface area contributed by atoms with Gasteiger partial charge in [0.05, 0.1) is 17.6 Å². The highest BCUT2D eigenvalue weighted by Gasteiger charge is 2.37. The second kappa shape index (κ2) is 8.69. The summed E-state index contributed by atoms with van der Waals surface area (Å²) in [6.07, 6.45) is 0.842. The van der Waals surface area contributed by atoms with Gasteiger partial charge in [0.15, 0.2) is 0 Å². The van der Waals surface area contributed by atoms with E-state index in [-0.39, 0.29) is 11.9 Å². The molecule has 2 N–H and O–H groups in total. The van der Waals surface area contributed by atoms with E-state index in [4.69, 9.17) is 4.74 Å². The van der Waals surface area contributed by atoms with Gasteiger partial charge in [0.25, 0.3) is 0 Å². The van der Waals surface area contributed by atoms with Crippen LogP contribution in [0.4, 0.5) is 5.69 Å². The van der Waals surface area contributed by atoms with Crippen molar-refractivity contribution in [3.63, 3.8) is 0 Å². The summed E-state index contributed by atoms with van der Waals surface area (Å²) in [4.78, 5) is 13.4. The molecule has 1 aliphatic rings. The van der Waals surface area contributed by atoms with Crippen LogP contribution in [-0.2, 0) is 11.2 Å². The van der Waals surface area contributed by atoms with Crippen molar-refractivity contribution in [1.82, 2.24) is 14.9 Å². The van der Waals surface area contributed by atoms with E-state index in [1.807, 2.05) is 54.1 Å². The fourth-order valence-electron chi connectivity index (χ4n) is 3.44. The molecule has 0 unspecified atom stereocenters. The maximum Gasteiger partial charge on any atom is 0.240 e. The number of benzene rings is 2. The lowest BCUT2D eigenvalue weighted by Crippen LogP contribution is -2.41. The molecule has 0 fully saturated rings. The van der Waals surface area contributed by atoms with Gasteiger partial charge in [-0.05, 0) is 58.6 Å². The number of amides is 1. The van der Waals surface area contributed by atoms with Crippen molar-refractivity contribution in [3.05, 3.63) is 63.9 Å². The molecular weight excluding hydrogens is 466 g/mol. The van der Waals surface area contributed by atoms with E-state index in [0.29, 0.717) is 5.16 Å². The SMILES string of the molecule is CCc1ccccc1NC(=O)[C@@H]1Sc2nnc(C)n2N[C@@H]1c1ccc(OC)c(Br)c1. The fourth-order valence-corrected chi connectivity index (χ4v) is 5.12. The van der Waals surface area contributed by atoms with Crippen LogP contribution in [0.25, 0.3) is 0 Å². The van der Waals surface area contributed by atoms with E-state index in [9.17, 15) is 4.79 Å². The third-order valence-electron chi connectivity index (χ3n) is 5.05. The Morgan fingerprint density at radius 2 is 2.10 bits per heavy atom. The van der Waals surface area contributed by atoms with Crippen LogP contribution in [0, 0.1) is 6.92 Å². The Hall–Kier alpha value is -2.52. The molecule has 2 aromatic carbocycles. The van der Waals surface area contributed by atoms with Crippen molar-refractivity contribution in [2.45, 2.75) is 36.7 Å². The van der Waals surface area contributed by atoms with Gasteiger partial charge in [-0.3, -0.25) is 4.79 Å². The topological polar surface area (TPSA) is 81.1 Å². The lowest BCUT2D eigenvalue weighted by Gasteiger charge is -2.33. The Morgan fingerprint density at radius 3 is 2.83 bits per heavy atom. The van der Waals surface area contributed by atoms with Gasteiger partial charge in [0.1, 0.15) is 16.8 Å². The number of nitrogens with one attached hydrogen (secondary N) is 2. The van der Waals surface area contributed by atoms with Gasteiger partial charge in [0.2, 0.25) is 11.1 Å². The summed E-state index contributed by atoms with van der Waals surface area (Å²) in [7, 11) is 1.63. The predicted octanol–water partition coefficient (Wildman–Crippen LogP) is 4.32. The second-order valence-electron chi connectivity index (χ2n) is 6.90. The zero-order valence-electron chi connectivity index (χ0n) is 16.8. The maximum absolute atomic E-state index is 13.4. The molecule has 2 atom stereocenters. The van der Waals surface area contributed by atoms with E-state index in [1.165, 1.54) is 11.8 Å². The molecule has 1 aromatic heterocycles. The summed E-state index contributed by atoms with van der Waals surface area (Å²) < 4.78 is 8.01. The number of aromatic nitrogens is 3. The average molecular weight is 488 g/mol. The second-order valence-corrected chi connectivity index (χ2v) is 8.87. The summed E-state index contributed by atoms with van der Waals surface area (Å²) >= 11 is 4.96. The van der Waals surface area contributed by atoms with Gasteiger partial charge in [-0.1, -0.05) is 43.0 Å². The summed E-state index contributed by atoms with van der Waals surface area (Å²) in [5.41, 5.74) is 6.31. The van der Waals surface area contributed by atoms with Crippen LogP contribution in [-0.4, -0.2) is 33.1 Å². The number of nitrogens with zero attached hydrogens (tertiary/aromatic N) is 3. The quantitative estimate of drug-likeness (QED) is 0.557. The van der Waals surface area contributed by atoms with E-state index < -0.39 is 5.25 Å². The number of methoxy groups -OCH3 is 1. The monoisotopic (exact) mass is 487 g/mol. The van der Waals surface area contributed by atoms with Crippen LogP contribution < -0.4 is 15.5 Å². The van der Waals surface area contributed by atoms with Crippen molar-refractivity contribution in [3.8, 4) is 5.75 Å². The number of thioether (sulfide) groups is 1. The molecule has 0 aliphatic carbocycles. The Labute approximate surface area is 187 Å². The van der Waals surface area contributed by atoms with Gasteiger partial charge in [-0.15, -0.1) is 10.2 Å². The Bertz CT molecular complexity index is 1090. The lowest BCUT2D eigenvalue weighted by molar-refractivity contribution is -0.116. The van der Waals surface area contributed by atoms with E-state index >= 15 is 0 Å². The molecule has 7 nitrogen and oxygen atoms in total. The molecule has 3 aromatic rings. The first-order valence-corrected chi connectivity index (χ1v) is 11.3. The molecule has 0 bridgehead atoms. The van der Waals surface area contributed by atoms with Crippen LogP contribution in [0.15, 0.2) is 52.1 Å². The van der Waals surface area contributed by atoms with Crippen LogP contribution in [0.1, 0.15) is 29.9 Å². The van der Waals surface area contributed by atoms with Crippen molar-refractivity contribution >= 4 is 39.3 Å². The number of halogens is 1. The number of rotatable bonds is 5. The summed E-state index contributed by atoms with van der Waals surface area (Å²) in [6.45, 7) is 3.95. The molecular formula is C21H22BrN5O2S. The van der Waals surface area contributed by atoms with Gasteiger partial charge in [0, 0.05) is 5.69 Å².